The normalized spacial score (nSPS) is 19.4. The minimum absolute atomic E-state index is 0.169. The smallest absolute Gasteiger partial charge is 0.0237 e. The van der Waals surface area contributed by atoms with Gasteiger partial charge in [-0.15, -0.1) is 0 Å². The van der Waals surface area contributed by atoms with E-state index in [9.17, 15) is 0 Å². The fourth-order valence-corrected chi connectivity index (χ4v) is 2.84. The van der Waals surface area contributed by atoms with E-state index in [-0.39, 0.29) is 5.54 Å². The molecule has 0 radical (unpaired) electrons. The van der Waals surface area contributed by atoms with Crippen LogP contribution in [0.5, 0.6) is 0 Å². The molecular formula is C18H30N2. The maximum absolute atomic E-state index is 3.60. The van der Waals surface area contributed by atoms with Gasteiger partial charge in [-0.25, -0.2) is 0 Å². The Hall–Kier alpha value is -0.860. The molecule has 2 nitrogen and oxygen atoms in total. The predicted molar refractivity (Wildman–Crippen MR) is 86.7 cm³/mol. The van der Waals surface area contributed by atoms with Crippen LogP contribution in [0.15, 0.2) is 24.3 Å². The summed E-state index contributed by atoms with van der Waals surface area (Å²) in [7, 11) is 0. The molecule has 2 rings (SSSR count). The van der Waals surface area contributed by atoms with Gasteiger partial charge in [0.15, 0.2) is 0 Å². The van der Waals surface area contributed by atoms with Gasteiger partial charge >= 0.3 is 0 Å². The lowest BCUT2D eigenvalue weighted by atomic mass is 9.93. The van der Waals surface area contributed by atoms with E-state index in [1.807, 2.05) is 0 Å². The summed E-state index contributed by atoms with van der Waals surface area (Å²) in [5, 5.41) is 3.60. The highest BCUT2D eigenvalue weighted by molar-refractivity contribution is 5.27. The zero-order chi connectivity index (χ0) is 14.8. The molecule has 0 spiro atoms. The van der Waals surface area contributed by atoms with E-state index in [1.165, 1.54) is 30.6 Å². The van der Waals surface area contributed by atoms with E-state index < -0.39 is 0 Å². The monoisotopic (exact) mass is 274 g/mol. The second kappa shape index (κ2) is 5.87. The maximum Gasteiger partial charge on any atom is 0.0237 e. The standard InChI is InChI=1S/C18H30N2/c1-17(2,3)19-12-15-8-6-7-9-16(15)13-20-11-10-18(4,5)14-20/h6-9,19H,10-14H2,1-5H3. The first-order valence-electron chi connectivity index (χ1n) is 7.79. The van der Waals surface area contributed by atoms with E-state index in [0.717, 1.165) is 13.1 Å². The van der Waals surface area contributed by atoms with Crippen molar-refractivity contribution >= 4 is 0 Å². The quantitative estimate of drug-likeness (QED) is 0.898. The van der Waals surface area contributed by atoms with Crippen LogP contribution >= 0.6 is 0 Å². The number of rotatable bonds is 4. The Morgan fingerprint density at radius 3 is 2.35 bits per heavy atom. The largest absolute Gasteiger partial charge is 0.308 e. The van der Waals surface area contributed by atoms with Crippen molar-refractivity contribution in [1.29, 1.82) is 0 Å². The number of benzene rings is 1. The van der Waals surface area contributed by atoms with Gasteiger partial charge in [0.05, 0.1) is 0 Å². The summed E-state index contributed by atoms with van der Waals surface area (Å²) in [5.74, 6) is 0. The van der Waals surface area contributed by atoms with Gasteiger partial charge in [-0.2, -0.15) is 0 Å². The van der Waals surface area contributed by atoms with E-state index in [0.29, 0.717) is 5.41 Å². The van der Waals surface area contributed by atoms with Crippen LogP contribution < -0.4 is 5.32 Å². The molecule has 0 atom stereocenters. The fraction of sp³-hybridized carbons (Fsp3) is 0.667. The summed E-state index contributed by atoms with van der Waals surface area (Å²) in [5.41, 5.74) is 3.57. The summed E-state index contributed by atoms with van der Waals surface area (Å²) >= 11 is 0. The Morgan fingerprint density at radius 2 is 1.80 bits per heavy atom. The predicted octanol–water partition coefficient (Wildman–Crippen LogP) is 3.81. The third kappa shape index (κ3) is 4.60. The average molecular weight is 274 g/mol. The first-order valence-corrected chi connectivity index (χ1v) is 7.79. The number of likely N-dealkylation sites (tertiary alicyclic amines) is 1. The lowest BCUT2D eigenvalue weighted by molar-refractivity contribution is 0.283. The van der Waals surface area contributed by atoms with Crippen LogP contribution in [0, 0.1) is 5.41 Å². The van der Waals surface area contributed by atoms with Gasteiger partial charge in [-0.3, -0.25) is 4.90 Å². The Morgan fingerprint density at radius 1 is 1.15 bits per heavy atom. The lowest BCUT2D eigenvalue weighted by Crippen LogP contribution is -2.35. The molecule has 0 aromatic heterocycles. The molecule has 1 heterocycles. The first kappa shape index (κ1) is 15.5. The average Bonchev–Trinajstić information content (AvgIpc) is 2.66. The fourth-order valence-electron chi connectivity index (χ4n) is 2.84. The van der Waals surface area contributed by atoms with Gasteiger partial charge in [-0.1, -0.05) is 38.1 Å². The minimum Gasteiger partial charge on any atom is -0.308 e. The maximum atomic E-state index is 3.60. The summed E-state index contributed by atoms with van der Waals surface area (Å²) < 4.78 is 0. The van der Waals surface area contributed by atoms with Gasteiger partial charge in [0.1, 0.15) is 0 Å². The Labute approximate surface area is 124 Å². The van der Waals surface area contributed by atoms with Crippen molar-refractivity contribution in [3.05, 3.63) is 35.4 Å². The summed E-state index contributed by atoms with van der Waals surface area (Å²) in [6, 6.07) is 8.86. The van der Waals surface area contributed by atoms with Gasteiger partial charge in [0.25, 0.3) is 0 Å². The topological polar surface area (TPSA) is 15.3 Å². The molecule has 1 N–H and O–H groups in total. The van der Waals surface area contributed by atoms with Crippen LogP contribution in [0.4, 0.5) is 0 Å². The summed E-state index contributed by atoms with van der Waals surface area (Å²) in [6.07, 6.45) is 1.31. The zero-order valence-electron chi connectivity index (χ0n) is 13.8. The molecular weight excluding hydrogens is 244 g/mol. The number of hydrogen-bond acceptors (Lipinski definition) is 2. The van der Waals surface area contributed by atoms with Crippen molar-refractivity contribution < 1.29 is 0 Å². The second-order valence-electron chi connectivity index (χ2n) is 8.00. The van der Waals surface area contributed by atoms with Crippen LogP contribution in [0.2, 0.25) is 0 Å². The third-order valence-corrected chi connectivity index (χ3v) is 4.08. The first-order chi connectivity index (χ1) is 9.25. The molecule has 112 valence electrons. The van der Waals surface area contributed by atoms with Crippen LogP contribution in [0.3, 0.4) is 0 Å². The molecule has 2 heteroatoms. The number of nitrogens with zero attached hydrogens (tertiary/aromatic N) is 1. The van der Waals surface area contributed by atoms with Crippen LogP contribution in [0.1, 0.15) is 52.2 Å². The second-order valence-corrected chi connectivity index (χ2v) is 8.00. The van der Waals surface area contributed by atoms with Gasteiger partial charge in [-0.05, 0) is 50.3 Å². The molecule has 1 aromatic rings. The van der Waals surface area contributed by atoms with Crippen molar-refractivity contribution in [3.63, 3.8) is 0 Å². The van der Waals surface area contributed by atoms with Gasteiger partial charge in [0.2, 0.25) is 0 Å². The molecule has 1 aliphatic rings. The van der Waals surface area contributed by atoms with Crippen molar-refractivity contribution in [2.45, 2.75) is 59.7 Å². The zero-order valence-corrected chi connectivity index (χ0v) is 13.8. The van der Waals surface area contributed by atoms with Crippen molar-refractivity contribution in [2.24, 2.45) is 5.41 Å². The Balaban J connectivity index is 2.01. The lowest BCUT2D eigenvalue weighted by Gasteiger charge is -2.24. The highest BCUT2D eigenvalue weighted by Gasteiger charge is 2.29. The van der Waals surface area contributed by atoms with Crippen LogP contribution in [0.25, 0.3) is 0 Å². The molecule has 0 aliphatic carbocycles. The van der Waals surface area contributed by atoms with Crippen molar-refractivity contribution in [2.75, 3.05) is 13.1 Å². The van der Waals surface area contributed by atoms with Crippen molar-refractivity contribution in [1.82, 2.24) is 10.2 Å². The molecule has 0 amide bonds. The van der Waals surface area contributed by atoms with Crippen molar-refractivity contribution in [3.8, 4) is 0 Å². The molecule has 0 bridgehead atoms. The van der Waals surface area contributed by atoms with Crippen LogP contribution in [-0.4, -0.2) is 23.5 Å². The van der Waals surface area contributed by atoms with E-state index in [2.05, 4.69) is 69.1 Å². The third-order valence-electron chi connectivity index (χ3n) is 4.08. The van der Waals surface area contributed by atoms with E-state index >= 15 is 0 Å². The van der Waals surface area contributed by atoms with E-state index in [4.69, 9.17) is 0 Å². The van der Waals surface area contributed by atoms with E-state index in [1.54, 1.807) is 0 Å². The van der Waals surface area contributed by atoms with Gasteiger partial charge < -0.3 is 5.32 Å². The number of hydrogen-bond donors (Lipinski definition) is 1. The molecule has 1 aliphatic heterocycles. The Kier molecular flexibility index (Phi) is 4.55. The van der Waals surface area contributed by atoms with Crippen LogP contribution in [-0.2, 0) is 13.1 Å². The SMILES string of the molecule is CC1(C)CCN(Cc2ccccc2CNC(C)(C)C)C1. The summed E-state index contributed by atoms with van der Waals surface area (Å²) in [4.78, 5) is 2.59. The molecule has 20 heavy (non-hydrogen) atoms. The molecule has 0 saturated carbocycles. The minimum atomic E-state index is 0.169. The number of nitrogens with one attached hydrogen (secondary N) is 1. The highest BCUT2D eigenvalue weighted by atomic mass is 15.2. The molecule has 0 unspecified atom stereocenters. The summed E-state index contributed by atoms with van der Waals surface area (Å²) in [6.45, 7) is 15.9. The highest BCUT2D eigenvalue weighted by Crippen LogP contribution is 2.30. The molecule has 1 fully saturated rings. The molecule has 1 aromatic carbocycles. The van der Waals surface area contributed by atoms with Gasteiger partial charge in [0, 0.05) is 25.2 Å². The molecule has 1 saturated heterocycles. The Bertz CT molecular complexity index is 443.